The lowest BCUT2D eigenvalue weighted by molar-refractivity contribution is -0.137. The van der Waals surface area contributed by atoms with E-state index < -0.39 is 0 Å². The molecule has 2 aromatic rings. The molecule has 0 aromatic carbocycles. The van der Waals surface area contributed by atoms with Crippen molar-refractivity contribution in [2.24, 2.45) is 5.92 Å². The number of nitrogens with zero attached hydrogens (tertiary/aromatic N) is 6. The molecule has 3 saturated heterocycles. The van der Waals surface area contributed by atoms with Gasteiger partial charge < -0.3 is 19.2 Å². The van der Waals surface area contributed by atoms with Gasteiger partial charge in [-0.3, -0.25) is 4.79 Å². The summed E-state index contributed by atoms with van der Waals surface area (Å²) in [4.78, 5) is 29.0. The zero-order chi connectivity index (χ0) is 20.5. The van der Waals surface area contributed by atoms with Crippen molar-refractivity contribution in [2.75, 3.05) is 44.2 Å². The summed E-state index contributed by atoms with van der Waals surface area (Å²) in [5.41, 5.74) is 1.32. The second-order valence-electron chi connectivity index (χ2n) is 9.08. The van der Waals surface area contributed by atoms with Gasteiger partial charge in [-0.2, -0.15) is 4.98 Å². The van der Waals surface area contributed by atoms with Crippen molar-refractivity contribution in [2.45, 2.75) is 57.9 Å². The fourth-order valence-electron chi connectivity index (χ4n) is 5.51. The monoisotopic (exact) mass is 412 g/mol. The molecule has 2 aromatic heterocycles. The number of fused-ring (bicyclic) bond motifs is 1. The molecular formula is C22H32N6O2. The molecule has 0 bridgehead atoms. The van der Waals surface area contributed by atoms with Crippen LogP contribution < -0.4 is 4.90 Å². The van der Waals surface area contributed by atoms with E-state index in [0.717, 1.165) is 62.2 Å². The quantitative estimate of drug-likeness (QED) is 0.767. The van der Waals surface area contributed by atoms with Crippen LogP contribution in [0.25, 0.3) is 11.1 Å². The van der Waals surface area contributed by atoms with Gasteiger partial charge >= 0.3 is 0 Å². The molecule has 1 amide bonds. The Labute approximate surface area is 177 Å². The number of carbonyl (C=O) groups excluding carboxylic acids is 1. The first-order valence-electron chi connectivity index (χ1n) is 11.6. The number of piperidine rings is 3. The van der Waals surface area contributed by atoms with Gasteiger partial charge in [0.1, 0.15) is 17.5 Å². The molecule has 3 aliphatic heterocycles. The van der Waals surface area contributed by atoms with Crippen LogP contribution in [0.15, 0.2) is 10.9 Å². The minimum absolute atomic E-state index is 0.0375. The average molecular weight is 413 g/mol. The van der Waals surface area contributed by atoms with Crippen LogP contribution in [-0.2, 0) is 4.79 Å². The smallest absolute Gasteiger partial charge is 0.263 e. The lowest BCUT2D eigenvalue weighted by atomic mass is 9.94. The normalized spacial score (nSPS) is 24.5. The number of carbonyl (C=O) groups is 1. The number of aryl methyl sites for hydroxylation is 1. The number of anilines is 1. The Morgan fingerprint density at radius 3 is 2.60 bits per heavy atom. The Hall–Kier alpha value is -2.22. The Balaban J connectivity index is 1.23. The molecule has 5 heterocycles. The van der Waals surface area contributed by atoms with Crippen LogP contribution in [0.1, 0.15) is 50.6 Å². The molecule has 1 unspecified atom stereocenters. The number of rotatable bonds is 3. The lowest BCUT2D eigenvalue weighted by Crippen LogP contribution is -2.51. The van der Waals surface area contributed by atoms with Crippen LogP contribution in [0, 0.1) is 12.8 Å². The highest BCUT2D eigenvalue weighted by atomic mass is 16.5. The summed E-state index contributed by atoms with van der Waals surface area (Å²) in [5, 5.41) is 4.91. The number of hydrogen-bond acceptors (Lipinski definition) is 7. The third kappa shape index (κ3) is 3.77. The molecule has 8 nitrogen and oxygen atoms in total. The third-order valence-electron chi connectivity index (χ3n) is 7.18. The molecular weight excluding hydrogens is 380 g/mol. The molecule has 30 heavy (non-hydrogen) atoms. The first-order chi connectivity index (χ1) is 14.7. The van der Waals surface area contributed by atoms with Crippen molar-refractivity contribution in [1.82, 2.24) is 24.9 Å². The second-order valence-corrected chi connectivity index (χ2v) is 9.08. The van der Waals surface area contributed by atoms with Crippen LogP contribution >= 0.6 is 0 Å². The van der Waals surface area contributed by atoms with Gasteiger partial charge in [0.05, 0.1) is 11.6 Å². The number of likely N-dealkylation sites (tertiary alicyclic amines) is 2. The highest BCUT2D eigenvalue weighted by molar-refractivity contribution is 5.88. The summed E-state index contributed by atoms with van der Waals surface area (Å²) in [6, 6.07) is 0.670. The molecule has 5 rings (SSSR count). The van der Waals surface area contributed by atoms with Crippen LogP contribution in [0.2, 0.25) is 0 Å². The maximum Gasteiger partial charge on any atom is 0.263 e. The minimum atomic E-state index is 0.0375. The van der Waals surface area contributed by atoms with Crippen molar-refractivity contribution in [3.8, 4) is 0 Å². The largest absolute Gasteiger partial charge is 0.355 e. The van der Waals surface area contributed by atoms with Crippen molar-refractivity contribution in [1.29, 1.82) is 0 Å². The van der Waals surface area contributed by atoms with E-state index in [9.17, 15) is 4.79 Å². The highest BCUT2D eigenvalue weighted by Crippen LogP contribution is 2.30. The molecule has 1 atom stereocenters. The maximum atomic E-state index is 13.3. The van der Waals surface area contributed by atoms with E-state index in [1.165, 1.54) is 38.7 Å². The lowest BCUT2D eigenvalue weighted by Gasteiger charge is -2.42. The topological polar surface area (TPSA) is 78.6 Å². The predicted molar refractivity (Wildman–Crippen MR) is 114 cm³/mol. The van der Waals surface area contributed by atoms with Crippen LogP contribution in [-0.4, -0.2) is 76.1 Å². The van der Waals surface area contributed by atoms with E-state index in [0.29, 0.717) is 24.2 Å². The van der Waals surface area contributed by atoms with Gasteiger partial charge in [0, 0.05) is 32.2 Å². The van der Waals surface area contributed by atoms with Gasteiger partial charge in [0.2, 0.25) is 5.91 Å². The van der Waals surface area contributed by atoms with E-state index in [1.807, 2.05) is 6.92 Å². The zero-order valence-electron chi connectivity index (χ0n) is 17.9. The van der Waals surface area contributed by atoms with E-state index in [2.05, 4.69) is 29.8 Å². The summed E-state index contributed by atoms with van der Waals surface area (Å²) < 4.78 is 5.30. The standard InChI is InChI=1S/C22H32N6O2/c1-16-19-20(23-15-24-21(19)30-25-16)28-11-5-6-17(14-28)22(29)27-12-7-18(8-13-27)26-9-3-2-4-10-26/h15,17-18H,2-14H2,1H3. The number of aromatic nitrogens is 3. The van der Waals surface area contributed by atoms with Crippen LogP contribution in [0.5, 0.6) is 0 Å². The molecule has 0 radical (unpaired) electrons. The molecule has 3 aliphatic rings. The first kappa shape index (κ1) is 19.7. The zero-order valence-corrected chi connectivity index (χ0v) is 17.9. The summed E-state index contributed by atoms with van der Waals surface area (Å²) in [5.74, 6) is 1.21. The number of hydrogen-bond donors (Lipinski definition) is 0. The molecule has 0 aliphatic carbocycles. The van der Waals surface area contributed by atoms with E-state index in [-0.39, 0.29) is 5.92 Å². The van der Waals surface area contributed by atoms with Crippen LogP contribution in [0.3, 0.4) is 0 Å². The minimum Gasteiger partial charge on any atom is -0.355 e. The Morgan fingerprint density at radius 2 is 1.80 bits per heavy atom. The summed E-state index contributed by atoms with van der Waals surface area (Å²) in [6.07, 6.45) is 9.76. The fraction of sp³-hybridized carbons (Fsp3) is 0.727. The molecule has 162 valence electrons. The molecule has 0 N–H and O–H groups in total. The SMILES string of the molecule is Cc1noc2ncnc(N3CCCC(C(=O)N4CCC(N5CCCCC5)CC4)C3)c12. The Bertz CT molecular complexity index is 885. The summed E-state index contributed by atoms with van der Waals surface area (Å²) in [6.45, 7) is 7.81. The van der Waals surface area contributed by atoms with Crippen molar-refractivity contribution in [3.05, 3.63) is 12.0 Å². The molecule has 0 saturated carbocycles. The van der Waals surface area contributed by atoms with Crippen molar-refractivity contribution < 1.29 is 9.32 Å². The van der Waals surface area contributed by atoms with Crippen LogP contribution in [0.4, 0.5) is 5.82 Å². The highest BCUT2D eigenvalue weighted by Gasteiger charge is 2.34. The van der Waals surface area contributed by atoms with Gasteiger partial charge in [-0.1, -0.05) is 11.6 Å². The average Bonchev–Trinajstić information content (AvgIpc) is 3.20. The molecule has 8 heteroatoms. The van der Waals surface area contributed by atoms with Gasteiger partial charge in [0.15, 0.2) is 0 Å². The Kier molecular flexibility index (Phi) is 5.58. The van der Waals surface area contributed by atoms with E-state index in [1.54, 1.807) is 0 Å². The van der Waals surface area contributed by atoms with Gasteiger partial charge in [0.25, 0.3) is 5.71 Å². The van der Waals surface area contributed by atoms with Crippen molar-refractivity contribution in [3.63, 3.8) is 0 Å². The number of amides is 1. The first-order valence-corrected chi connectivity index (χ1v) is 11.6. The van der Waals surface area contributed by atoms with Gasteiger partial charge in [-0.25, -0.2) is 4.98 Å². The molecule has 0 spiro atoms. The van der Waals surface area contributed by atoms with Crippen molar-refractivity contribution >= 4 is 22.8 Å². The maximum absolute atomic E-state index is 13.3. The second kappa shape index (κ2) is 8.49. The summed E-state index contributed by atoms with van der Waals surface area (Å²) >= 11 is 0. The summed E-state index contributed by atoms with van der Waals surface area (Å²) in [7, 11) is 0. The van der Waals surface area contributed by atoms with E-state index >= 15 is 0 Å². The third-order valence-corrected chi connectivity index (χ3v) is 7.18. The Morgan fingerprint density at radius 1 is 1.00 bits per heavy atom. The predicted octanol–water partition coefficient (Wildman–Crippen LogP) is 2.62. The van der Waals surface area contributed by atoms with Gasteiger partial charge in [-0.15, -0.1) is 0 Å². The fourth-order valence-corrected chi connectivity index (χ4v) is 5.51. The van der Waals surface area contributed by atoms with Gasteiger partial charge in [-0.05, 0) is 58.5 Å². The van der Waals surface area contributed by atoms with E-state index in [4.69, 9.17) is 4.52 Å². The molecule has 3 fully saturated rings.